The number of nitrogens with zero attached hydrogens (tertiary/aromatic N) is 7. The summed E-state index contributed by atoms with van der Waals surface area (Å²) in [4.78, 5) is 29.0. The lowest BCUT2D eigenvalue weighted by molar-refractivity contribution is 0.144. The van der Waals surface area contributed by atoms with Crippen LogP contribution in [0.3, 0.4) is 0 Å². The van der Waals surface area contributed by atoms with Crippen LogP contribution < -0.4 is 20.7 Å². The molecule has 0 bridgehead atoms. The molecule has 2 aromatic heterocycles. The molecule has 11 heteroatoms. The molecule has 11 nitrogen and oxygen atoms in total. The second-order valence-electron chi connectivity index (χ2n) is 9.62. The molecule has 4 heterocycles. The number of piperazine rings is 1. The highest BCUT2D eigenvalue weighted by Gasteiger charge is 2.23. The van der Waals surface area contributed by atoms with Gasteiger partial charge in [0.15, 0.2) is 0 Å². The van der Waals surface area contributed by atoms with E-state index in [-0.39, 0.29) is 5.56 Å². The van der Waals surface area contributed by atoms with Gasteiger partial charge >= 0.3 is 0 Å². The first kappa shape index (κ1) is 24.9. The molecular weight excluding hydrogens is 470 g/mol. The molecule has 3 aromatic rings. The van der Waals surface area contributed by atoms with Crippen LogP contribution in [0, 0.1) is 17.2 Å². The van der Waals surface area contributed by atoms with Gasteiger partial charge in [-0.15, -0.1) is 0 Å². The number of nitriles is 1. The van der Waals surface area contributed by atoms with Gasteiger partial charge in [0.1, 0.15) is 16.7 Å². The molecule has 0 atom stereocenters. The van der Waals surface area contributed by atoms with Crippen molar-refractivity contribution < 1.29 is 4.74 Å². The van der Waals surface area contributed by atoms with Crippen molar-refractivity contribution in [1.82, 2.24) is 25.1 Å². The Morgan fingerprint density at radius 2 is 1.84 bits per heavy atom. The molecule has 0 radical (unpaired) electrons. The second kappa shape index (κ2) is 11.5. The van der Waals surface area contributed by atoms with Gasteiger partial charge in [-0.2, -0.15) is 15.3 Å². The Hall–Kier alpha value is -3.75. The van der Waals surface area contributed by atoms with E-state index in [0.717, 1.165) is 70.9 Å². The quantitative estimate of drug-likeness (QED) is 0.473. The summed E-state index contributed by atoms with van der Waals surface area (Å²) in [7, 11) is 1.74. The molecule has 0 spiro atoms. The fraction of sp³-hybridized carbons (Fsp3) is 0.500. The zero-order valence-corrected chi connectivity index (χ0v) is 21.2. The van der Waals surface area contributed by atoms with E-state index in [9.17, 15) is 4.79 Å². The number of benzene rings is 1. The summed E-state index contributed by atoms with van der Waals surface area (Å²) in [5.41, 5.74) is 2.19. The number of fused-ring (bicyclic) bond motifs is 1. The number of aromatic amines is 1. The number of aromatic nitrogens is 4. The Labute approximate surface area is 216 Å². The van der Waals surface area contributed by atoms with Crippen molar-refractivity contribution >= 4 is 34.0 Å². The summed E-state index contributed by atoms with van der Waals surface area (Å²) in [6, 6.07) is 10.5. The van der Waals surface area contributed by atoms with Gasteiger partial charge in [-0.1, -0.05) is 0 Å². The van der Waals surface area contributed by atoms with E-state index in [1.807, 2.05) is 12.1 Å². The lowest BCUT2D eigenvalue weighted by Gasteiger charge is -2.36. The van der Waals surface area contributed by atoms with Gasteiger partial charge < -0.3 is 19.9 Å². The molecule has 5 rings (SSSR count). The molecule has 2 aliphatic rings. The minimum Gasteiger partial charge on any atom is -0.383 e. The largest absolute Gasteiger partial charge is 0.383 e. The zero-order valence-electron chi connectivity index (χ0n) is 21.2. The van der Waals surface area contributed by atoms with Gasteiger partial charge in [0.05, 0.1) is 18.9 Å². The molecule has 2 saturated heterocycles. The number of nitrogens with one attached hydrogen (secondary N) is 2. The number of piperidine rings is 1. The molecule has 0 saturated carbocycles. The maximum atomic E-state index is 12.6. The third-order valence-corrected chi connectivity index (χ3v) is 7.26. The average Bonchev–Trinajstić information content (AvgIpc) is 2.93. The molecule has 2 fully saturated rings. The van der Waals surface area contributed by atoms with Gasteiger partial charge in [0.25, 0.3) is 5.56 Å². The van der Waals surface area contributed by atoms with Gasteiger partial charge in [0, 0.05) is 70.7 Å². The van der Waals surface area contributed by atoms with Crippen molar-refractivity contribution in [2.75, 3.05) is 74.6 Å². The van der Waals surface area contributed by atoms with E-state index < -0.39 is 0 Å². The molecule has 37 heavy (non-hydrogen) atoms. The fourth-order valence-corrected chi connectivity index (χ4v) is 5.03. The maximum Gasteiger partial charge on any atom is 0.277 e. The second-order valence-corrected chi connectivity index (χ2v) is 9.62. The van der Waals surface area contributed by atoms with Crippen LogP contribution in [0.2, 0.25) is 0 Å². The minimum absolute atomic E-state index is 0.331. The lowest BCUT2D eigenvalue weighted by atomic mass is 9.94. The van der Waals surface area contributed by atoms with Gasteiger partial charge in [-0.05, 0) is 43.0 Å². The Balaban J connectivity index is 1.32. The van der Waals surface area contributed by atoms with Crippen molar-refractivity contribution in [3.05, 3.63) is 40.8 Å². The monoisotopic (exact) mass is 503 g/mol. The Morgan fingerprint density at radius 1 is 1.08 bits per heavy atom. The number of ether oxygens (including phenoxy) is 1. The Morgan fingerprint density at radius 3 is 2.54 bits per heavy atom. The first-order valence-corrected chi connectivity index (χ1v) is 12.9. The van der Waals surface area contributed by atoms with Gasteiger partial charge in [-0.3, -0.25) is 9.69 Å². The summed E-state index contributed by atoms with van der Waals surface area (Å²) >= 11 is 0. The predicted molar refractivity (Wildman–Crippen MR) is 143 cm³/mol. The Bertz CT molecular complexity index is 1290. The summed E-state index contributed by atoms with van der Waals surface area (Å²) in [5, 5.41) is 19.2. The van der Waals surface area contributed by atoms with E-state index in [1.165, 1.54) is 5.69 Å². The average molecular weight is 504 g/mol. The molecule has 2 aliphatic heterocycles. The normalized spacial score (nSPS) is 17.2. The van der Waals surface area contributed by atoms with Crippen LogP contribution in [-0.2, 0) is 4.74 Å². The summed E-state index contributed by atoms with van der Waals surface area (Å²) in [6.45, 7) is 7.27. The summed E-state index contributed by atoms with van der Waals surface area (Å²) in [6.07, 6.45) is 3.99. The van der Waals surface area contributed by atoms with Crippen LogP contribution in [0.1, 0.15) is 19.3 Å². The van der Waals surface area contributed by atoms with Crippen LogP contribution in [0.25, 0.3) is 10.9 Å². The molecule has 0 amide bonds. The van der Waals surface area contributed by atoms with E-state index in [1.54, 1.807) is 13.3 Å². The first-order valence-electron chi connectivity index (χ1n) is 12.9. The molecule has 0 unspecified atom stereocenters. The number of hydrogen-bond donors (Lipinski definition) is 2. The standard InChI is InChI=1S/C26H33N9O2/c1-37-17-16-33-12-14-34(15-13-33)21-4-2-20(3-5-21)29-24-23-22(18-28-32-25(23)36)30-26(31-24)35-10-7-19(6-9-27)8-11-35/h2-5,18-19H,6-8,10-17H2,1H3,(H,32,36)(H,29,30,31). The predicted octanol–water partition coefficient (Wildman–Crippen LogP) is 2.36. The molecule has 1 aromatic carbocycles. The first-order chi connectivity index (χ1) is 18.1. The number of H-pyrrole nitrogens is 1. The lowest BCUT2D eigenvalue weighted by Crippen LogP contribution is -2.47. The highest BCUT2D eigenvalue weighted by atomic mass is 16.5. The van der Waals surface area contributed by atoms with Crippen molar-refractivity contribution in [3.63, 3.8) is 0 Å². The van der Waals surface area contributed by atoms with Crippen molar-refractivity contribution in [2.24, 2.45) is 5.92 Å². The third-order valence-electron chi connectivity index (χ3n) is 7.26. The van der Waals surface area contributed by atoms with Gasteiger partial charge in [-0.25, -0.2) is 10.1 Å². The SMILES string of the molecule is COCCN1CCN(c2ccc(Nc3nc(N4CCC(CC#N)CC4)nc4cn[nH]c(=O)c34)cc2)CC1. The smallest absolute Gasteiger partial charge is 0.277 e. The number of methoxy groups -OCH3 is 1. The fourth-order valence-electron chi connectivity index (χ4n) is 5.03. The highest BCUT2D eigenvalue weighted by Crippen LogP contribution is 2.28. The van der Waals surface area contributed by atoms with E-state index in [4.69, 9.17) is 15.0 Å². The summed E-state index contributed by atoms with van der Waals surface area (Å²) < 4.78 is 5.20. The number of rotatable bonds is 8. The van der Waals surface area contributed by atoms with Crippen molar-refractivity contribution in [1.29, 1.82) is 5.26 Å². The Kier molecular flexibility index (Phi) is 7.77. The molecule has 2 N–H and O–H groups in total. The van der Waals surface area contributed by atoms with Crippen molar-refractivity contribution in [2.45, 2.75) is 19.3 Å². The van der Waals surface area contributed by atoms with E-state index in [2.05, 4.69) is 53.4 Å². The maximum absolute atomic E-state index is 12.6. The van der Waals surface area contributed by atoms with Crippen LogP contribution in [0.5, 0.6) is 0 Å². The van der Waals surface area contributed by atoms with E-state index in [0.29, 0.717) is 35.0 Å². The van der Waals surface area contributed by atoms with Gasteiger partial charge in [0.2, 0.25) is 5.95 Å². The molecular formula is C26H33N9O2. The van der Waals surface area contributed by atoms with Crippen LogP contribution in [-0.4, -0.2) is 84.6 Å². The van der Waals surface area contributed by atoms with Crippen molar-refractivity contribution in [3.8, 4) is 6.07 Å². The number of hydrogen-bond acceptors (Lipinski definition) is 10. The highest BCUT2D eigenvalue weighted by molar-refractivity contribution is 5.90. The molecule has 0 aliphatic carbocycles. The number of anilines is 4. The summed E-state index contributed by atoms with van der Waals surface area (Å²) in [5.74, 6) is 1.44. The van der Waals surface area contributed by atoms with Crippen LogP contribution in [0.4, 0.5) is 23.1 Å². The van der Waals surface area contributed by atoms with E-state index >= 15 is 0 Å². The topological polar surface area (TPSA) is 126 Å². The van der Waals surface area contributed by atoms with Crippen LogP contribution >= 0.6 is 0 Å². The zero-order chi connectivity index (χ0) is 25.6. The third kappa shape index (κ3) is 5.81. The molecule has 194 valence electrons. The van der Waals surface area contributed by atoms with Crippen LogP contribution in [0.15, 0.2) is 35.3 Å². The minimum atomic E-state index is -0.331.